The molecule has 1 heterocycles. The van der Waals surface area contributed by atoms with Crippen molar-refractivity contribution in [3.05, 3.63) is 34.9 Å². The highest BCUT2D eigenvalue weighted by Crippen LogP contribution is 2.23. The number of halogens is 1. The summed E-state index contributed by atoms with van der Waals surface area (Å²) >= 11 is 6.14. The lowest BCUT2D eigenvalue weighted by atomic mass is 9.88. The van der Waals surface area contributed by atoms with E-state index in [1.165, 1.54) is 0 Å². The minimum atomic E-state index is -0.651. The largest absolute Gasteiger partial charge is 0.354 e. The third-order valence-electron chi connectivity index (χ3n) is 5.04. The molecule has 1 fully saturated rings. The molecule has 2 rings (SSSR count). The Labute approximate surface area is 172 Å². The molecule has 0 aromatic heterocycles. The van der Waals surface area contributed by atoms with Gasteiger partial charge in [-0.25, -0.2) is 0 Å². The number of benzene rings is 1. The summed E-state index contributed by atoms with van der Waals surface area (Å²) in [6.45, 7) is 7.64. The molecule has 1 atom stereocenters. The number of piperidine rings is 1. The van der Waals surface area contributed by atoms with E-state index in [1.807, 2.05) is 25.7 Å². The topological polar surface area (TPSA) is 78.5 Å². The predicted molar refractivity (Wildman–Crippen MR) is 110 cm³/mol. The van der Waals surface area contributed by atoms with Gasteiger partial charge in [-0.05, 0) is 36.8 Å². The van der Waals surface area contributed by atoms with Gasteiger partial charge < -0.3 is 15.5 Å². The SMILES string of the molecule is CCC(=O)N1CCC(C(NC(=O)c2ccccc2Cl)C(=O)NCC(C)C)CC1. The first-order chi connectivity index (χ1) is 13.3. The molecule has 1 saturated heterocycles. The van der Waals surface area contributed by atoms with Crippen LogP contribution in [0.15, 0.2) is 24.3 Å². The number of nitrogens with one attached hydrogen (secondary N) is 2. The second kappa shape index (κ2) is 10.5. The second-order valence-corrected chi connectivity index (χ2v) is 8.05. The van der Waals surface area contributed by atoms with E-state index >= 15 is 0 Å². The van der Waals surface area contributed by atoms with Crippen LogP contribution in [0.1, 0.15) is 50.4 Å². The van der Waals surface area contributed by atoms with Crippen LogP contribution in [0.3, 0.4) is 0 Å². The molecule has 3 amide bonds. The molecule has 6 nitrogen and oxygen atoms in total. The summed E-state index contributed by atoms with van der Waals surface area (Å²) in [5.74, 6) is -0.136. The molecule has 1 unspecified atom stereocenters. The van der Waals surface area contributed by atoms with Gasteiger partial charge in [-0.15, -0.1) is 0 Å². The summed E-state index contributed by atoms with van der Waals surface area (Å²) < 4.78 is 0. The molecule has 154 valence electrons. The average molecular weight is 408 g/mol. The molecule has 7 heteroatoms. The van der Waals surface area contributed by atoms with Gasteiger partial charge in [0.05, 0.1) is 10.6 Å². The van der Waals surface area contributed by atoms with Crippen LogP contribution in [-0.4, -0.2) is 48.3 Å². The van der Waals surface area contributed by atoms with E-state index in [0.717, 1.165) is 0 Å². The Hall–Kier alpha value is -2.08. The molecule has 0 saturated carbocycles. The monoisotopic (exact) mass is 407 g/mol. The summed E-state index contributed by atoms with van der Waals surface area (Å²) in [6.07, 6.45) is 1.83. The maximum atomic E-state index is 12.8. The molecular weight excluding hydrogens is 378 g/mol. The van der Waals surface area contributed by atoms with Crippen LogP contribution in [0.2, 0.25) is 5.02 Å². The van der Waals surface area contributed by atoms with E-state index in [1.54, 1.807) is 24.3 Å². The fraction of sp³-hybridized carbons (Fsp3) is 0.571. The summed E-state index contributed by atoms with van der Waals surface area (Å²) in [5.41, 5.74) is 0.351. The number of rotatable bonds is 7. The standard InChI is InChI=1S/C21H30ClN3O3/c1-4-18(26)25-11-9-15(10-12-25)19(21(28)23-13-14(2)3)24-20(27)16-7-5-6-8-17(16)22/h5-8,14-15,19H,4,9-13H2,1-3H3,(H,23,28)(H,24,27). The number of likely N-dealkylation sites (tertiary alicyclic amines) is 1. The number of hydrogen-bond donors (Lipinski definition) is 2. The van der Waals surface area contributed by atoms with Crippen molar-refractivity contribution >= 4 is 29.3 Å². The minimum absolute atomic E-state index is 0.0282. The van der Waals surface area contributed by atoms with Gasteiger partial charge in [0.1, 0.15) is 6.04 Å². The van der Waals surface area contributed by atoms with Gasteiger partial charge in [-0.3, -0.25) is 14.4 Å². The molecule has 1 aliphatic heterocycles. The van der Waals surface area contributed by atoms with Crippen molar-refractivity contribution in [2.45, 2.75) is 46.1 Å². The van der Waals surface area contributed by atoms with E-state index in [-0.39, 0.29) is 23.6 Å². The van der Waals surface area contributed by atoms with Crippen LogP contribution >= 0.6 is 11.6 Å². The summed E-state index contributed by atoms with van der Waals surface area (Å²) in [5, 5.41) is 6.17. The normalized spacial score (nSPS) is 16.0. The summed E-state index contributed by atoms with van der Waals surface area (Å²) in [4.78, 5) is 39.3. The molecule has 0 aliphatic carbocycles. The number of carbonyl (C=O) groups excluding carboxylic acids is 3. The summed E-state index contributed by atoms with van der Waals surface area (Å²) in [6, 6.07) is 6.14. The maximum Gasteiger partial charge on any atom is 0.253 e. The van der Waals surface area contributed by atoms with Crippen molar-refractivity contribution < 1.29 is 14.4 Å². The number of nitrogens with zero attached hydrogens (tertiary/aromatic N) is 1. The third-order valence-corrected chi connectivity index (χ3v) is 5.37. The van der Waals surface area contributed by atoms with Gasteiger partial charge >= 0.3 is 0 Å². The van der Waals surface area contributed by atoms with Gasteiger partial charge in [-0.1, -0.05) is 44.5 Å². The number of hydrogen-bond acceptors (Lipinski definition) is 3. The van der Waals surface area contributed by atoms with Gasteiger partial charge in [0.2, 0.25) is 11.8 Å². The van der Waals surface area contributed by atoms with Gasteiger partial charge in [0.25, 0.3) is 5.91 Å². The lowest BCUT2D eigenvalue weighted by molar-refractivity contribution is -0.132. The molecular formula is C21H30ClN3O3. The highest BCUT2D eigenvalue weighted by atomic mass is 35.5. The Morgan fingerprint density at radius 1 is 1.18 bits per heavy atom. The highest BCUT2D eigenvalue weighted by molar-refractivity contribution is 6.33. The van der Waals surface area contributed by atoms with Crippen LogP contribution in [0.5, 0.6) is 0 Å². The van der Waals surface area contributed by atoms with Crippen molar-refractivity contribution in [2.24, 2.45) is 11.8 Å². The molecule has 28 heavy (non-hydrogen) atoms. The zero-order valence-electron chi connectivity index (χ0n) is 16.8. The van der Waals surface area contributed by atoms with Crippen LogP contribution in [0, 0.1) is 11.8 Å². The molecule has 1 aromatic rings. The van der Waals surface area contributed by atoms with Crippen LogP contribution < -0.4 is 10.6 Å². The van der Waals surface area contributed by atoms with Gasteiger partial charge in [0, 0.05) is 26.1 Å². The van der Waals surface area contributed by atoms with Crippen molar-refractivity contribution in [1.29, 1.82) is 0 Å². The van der Waals surface area contributed by atoms with Crippen molar-refractivity contribution in [3.8, 4) is 0 Å². The zero-order chi connectivity index (χ0) is 20.7. The average Bonchev–Trinajstić information content (AvgIpc) is 2.70. The number of carbonyl (C=O) groups is 3. The van der Waals surface area contributed by atoms with Crippen LogP contribution in [0.4, 0.5) is 0 Å². The van der Waals surface area contributed by atoms with E-state index in [0.29, 0.717) is 55.4 Å². The van der Waals surface area contributed by atoms with Gasteiger partial charge in [-0.2, -0.15) is 0 Å². The first-order valence-electron chi connectivity index (χ1n) is 9.94. The van der Waals surface area contributed by atoms with Gasteiger partial charge in [0.15, 0.2) is 0 Å². The molecule has 1 aromatic carbocycles. The van der Waals surface area contributed by atoms with E-state index in [9.17, 15) is 14.4 Å². The molecule has 2 N–H and O–H groups in total. The zero-order valence-corrected chi connectivity index (χ0v) is 17.6. The highest BCUT2D eigenvalue weighted by Gasteiger charge is 2.34. The first-order valence-corrected chi connectivity index (χ1v) is 10.3. The van der Waals surface area contributed by atoms with Crippen molar-refractivity contribution in [1.82, 2.24) is 15.5 Å². The maximum absolute atomic E-state index is 12.8. The van der Waals surface area contributed by atoms with Crippen LogP contribution in [-0.2, 0) is 9.59 Å². The Morgan fingerprint density at radius 3 is 2.39 bits per heavy atom. The predicted octanol–water partition coefficient (Wildman–Crippen LogP) is 2.86. The fourth-order valence-corrected chi connectivity index (χ4v) is 3.60. The van der Waals surface area contributed by atoms with Crippen LogP contribution in [0.25, 0.3) is 0 Å². The lowest BCUT2D eigenvalue weighted by Gasteiger charge is -2.36. The fourth-order valence-electron chi connectivity index (χ4n) is 3.38. The quantitative estimate of drug-likeness (QED) is 0.729. The molecule has 0 spiro atoms. The Kier molecular flexibility index (Phi) is 8.30. The molecule has 0 radical (unpaired) electrons. The minimum Gasteiger partial charge on any atom is -0.354 e. The Bertz CT molecular complexity index is 700. The number of amides is 3. The van der Waals surface area contributed by atoms with E-state index < -0.39 is 6.04 Å². The molecule has 1 aliphatic rings. The lowest BCUT2D eigenvalue weighted by Crippen LogP contribution is -2.54. The van der Waals surface area contributed by atoms with E-state index in [4.69, 9.17) is 11.6 Å². The Morgan fingerprint density at radius 2 is 1.82 bits per heavy atom. The second-order valence-electron chi connectivity index (χ2n) is 7.64. The molecule has 0 bridgehead atoms. The van der Waals surface area contributed by atoms with Crippen molar-refractivity contribution in [3.63, 3.8) is 0 Å². The van der Waals surface area contributed by atoms with Crippen molar-refractivity contribution in [2.75, 3.05) is 19.6 Å². The Balaban J connectivity index is 2.11. The first kappa shape index (κ1) is 22.2. The van der Waals surface area contributed by atoms with E-state index in [2.05, 4.69) is 10.6 Å². The summed E-state index contributed by atoms with van der Waals surface area (Å²) in [7, 11) is 0. The third kappa shape index (κ3) is 5.96. The smallest absolute Gasteiger partial charge is 0.253 e.